The molecule has 1 atom stereocenters. The molecule has 1 aliphatic heterocycles. The van der Waals surface area contributed by atoms with Gasteiger partial charge in [-0.1, -0.05) is 72.0 Å². The molecule has 0 unspecified atom stereocenters. The number of rotatable bonds is 9. The van der Waals surface area contributed by atoms with Crippen LogP contribution in [0.4, 0.5) is 5.69 Å². The molecule has 1 N–H and O–H groups in total. The number of carbonyl (C=O) groups is 1. The Morgan fingerprint density at radius 3 is 2.53 bits per heavy atom. The second-order valence-corrected chi connectivity index (χ2v) is 11.6. The molecule has 0 radical (unpaired) electrons. The molecule has 0 saturated carbocycles. The molecule has 234 valence electrons. The van der Waals surface area contributed by atoms with Crippen LogP contribution < -0.4 is 34.4 Å². The summed E-state index contributed by atoms with van der Waals surface area (Å²) in [6, 6.07) is 30.5. The number of methoxy groups -OCH3 is 2. The van der Waals surface area contributed by atoms with Crippen molar-refractivity contribution in [3.63, 3.8) is 0 Å². The maximum Gasteiger partial charge on any atom is 0.271 e. The molecule has 4 aromatic carbocycles. The maximum atomic E-state index is 14.3. The van der Waals surface area contributed by atoms with E-state index < -0.39 is 6.04 Å². The summed E-state index contributed by atoms with van der Waals surface area (Å²) in [5.74, 6) is 1.14. The highest BCUT2D eigenvalue weighted by Gasteiger charge is 2.33. The number of anilines is 1. The Hall–Kier alpha value is -5.92. The van der Waals surface area contributed by atoms with Crippen LogP contribution in [0.15, 0.2) is 118 Å². The number of nitrogens with zero attached hydrogens (tertiary/aromatic N) is 3. The van der Waals surface area contributed by atoms with Gasteiger partial charge in [-0.15, -0.1) is 0 Å². The Kier molecular flexibility index (Phi) is 9.00. The predicted molar refractivity (Wildman–Crippen MR) is 180 cm³/mol. The number of para-hydroxylation sites is 2. The maximum absolute atomic E-state index is 14.3. The van der Waals surface area contributed by atoms with Gasteiger partial charge in [0.1, 0.15) is 12.4 Å². The number of fused-ring (bicyclic) bond motifs is 1. The van der Waals surface area contributed by atoms with Gasteiger partial charge in [0.2, 0.25) is 0 Å². The Labute approximate surface area is 274 Å². The molecule has 6 rings (SSSR count). The molecule has 0 aliphatic carbocycles. The summed E-state index contributed by atoms with van der Waals surface area (Å²) in [7, 11) is 3.11. The largest absolute Gasteiger partial charge is 0.497 e. The lowest BCUT2D eigenvalue weighted by molar-refractivity contribution is -0.113. The van der Waals surface area contributed by atoms with Gasteiger partial charge in [0, 0.05) is 16.8 Å². The van der Waals surface area contributed by atoms with Gasteiger partial charge in [-0.05, 0) is 55.0 Å². The second kappa shape index (κ2) is 13.6. The first-order valence-electron chi connectivity index (χ1n) is 14.7. The van der Waals surface area contributed by atoms with Crippen LogP contribution in [0.3, 0.4) is 0 Å². The molecule has 9 nitrogen and oxygen atoms in total. The van der Waals surface area contributed by atoms with Gasteiger partial charge >= 0.3 is 0 Å². The van der Waals surface area contributed by atoms with Crippen LogP contribution in [-0.4, -0.2) is 24.7 Å². The zero-order valence-electron chi connectivity index (χ0n) is 25.9. The quantitative estimate of drug-likeness (QED) is 0.232. The van der Waals surface area contributed by atoms with E-state index in [0.717, 1.165) is 5.56 Å². The van der Waals surface area contributed by atoms with Crippen LogP contribution in [0, 0.1) is 11.3 Å². The van der Waals surface area contributed by atoms with E-state index in [9.17, 15) is 14.9 Å². The molecule has 1 amide bonds. The van der Waals surface area contributed by atoms with E-state index in [4.69, 9.17) is 19.2 Å². The first-order valence-corrected chi connectivity index (χ1v) is 15.5. The van der Waals surface area contributed by atoms with Crippen LogP contribution in [0.5, 0.6) is 17.2 Å². The SMILES string of the molecule is COc1cccc([C@@H]2C(C(=O)Nc3ccccc3)=C(C)N=c3s/c(=C\c4cccc(OC)c4OCc4ccccc4C#N)c(=O)n32)c1. The van der Waals surface area contributed by atoms with Crippen molar-refractivity contribution in [2.24, 2.45) is 4.99 Å². The number of hydrogen-bond donors (Lipinski definition) is 1. The lowest BCUT2D eigenvalue weighted by atomic mass is 9.95. The van der Waals surface area contributed by atoms with E-state index in [2.05, 4.69) is 11.4 Å². The van der Waals surface area contributed by atoms with Gasteiger partial charge in [0.25, 0.3) is 11.5 Å². The normalized spacial score (nSPS) is 14.1. The number of aromatic nitrogens is 1. The summed E-state index contributed by atoms with van der Waals surface area (Å²) < 4.78 is 19.3. The molecule has 1 aromatic heterocycles. The topological polar surface area (TPSA) is 115 Å². The average molecular weight is 643 g/mol. The van der Waals surface area contributed by atoms with E-state index in [1.807, 2.05) is 66.7 Å². The van der Waals surface area contributed by atoms with Crippen molar-refractivity contribution in [1.82, 2.24) is 4.57 Å². The monoisotopic (exact) mass is 642 g/mol. The zero-order chi connectivity index (χ0) is 32.9. The molecule has 1 aliphatic rings. The molecule has 2 heterocycles. The molecular weight excluding hydrogens is 612 g/mol. The average Bonchev–Trinajstić information content (AvgIpc) is 3.40. The molecular formula is C37H30N4O5S. The molecule has 5 aromatic rings. The minimum absolute atomic E-state index is 0.126. The van der Waals surface area contributed by atoms with Crippen molar-refractivity contribution in [2.75, 3.05) is 19.5 Å². The summed E-state index contributed by atoms with van der Waals surface area (Å²) >= 11 is 1.22. The minimum Gasteiger partial charge on any atom is -0.497 e. The Balaban J connectivity index is 1.47. The van der Waals surface area contributed by atoms with Crippen molar-refractivity contribution in [2.45, 2.75) is 19.6 Å². The lowest BCUT2D eigenvalue weighted by Crippen LogP contribution is -2.40. The summed E-state index contributed by atoms with van der Waals surface area (Å²) in [5.41, 5.74) is 3.71. The van der Waals surface area contributed by atoms with Gasteiger partial charge in [-0.2, -0.15) is 5.26 Å². The number of ether oxygens (including phenoxy) is 3. The number of benzene rings is 4. The first kappa shape index (κ1) is 31.1. The third kappa shape index (κ3) is 6.30. The Morgan fingerprint density at radius 2 is 1.77 bits per heavy atom. The van der Waals surface area contributed by atoms with Gasteiger partial charge < -0.3 is 19.5 Å². The van der Waals surface area contributed by atoms with E-state index in [1.54, 1.807) is 62.1 Å². The van der Waals surface area contributed by atoms with Gasteiger partial charge in [0.15, 0.2) is 16.3 Å². The molecule has 0 saturated heterocycles. The highest BCUT2D eigenvalue weighted by Crippen LogP contribution is 2.34. The summed E-state index contributed by atoms with van der Waals surface area (Å²) in [6.07, 6.45) is 1.74. The molecule has 0 fully saturated rings. The predicted octanol–water partition coefficient (Wildman–Crippen LogP) is 5.34. The lowest BCUT2D eigenvalue weighted by Gasteiger charge is -2.25. The standard InChI is InChI=1S/C37H30N4O5S/c1-23-32(35(42)40-28-15-5-4-6-16-28)33(24-13-9-17-29(19-24)44-2)41-36(43)31(47-37(41)39-23)20-25-14-10-18-30(45-3)34(25)46-22-27-12-8-7-11-26(27)21-38/h4-20,33H,22H2,1-3H3,(H,40,42)/b31-20-/t33-/m1/s1. The zero-order valence-corrected chi connectivity index (χ0v) is 26.7. The summed E-state index contributed by atoms with van der Waals surface area (Å²) in [4.78, 5) is 33.4. The smallest absolute Gasteiger partial charge is 0.271 e. The fraction of sp³-hybridized carbons (Fsp3) is 0.135. The van der Waals surface area contributed by atoms with E-state index in [1.165, 1.54) is 11.3 Å². The third-order valence-corrected chi connectivity index (χ3v) is 8.72. The fourth-order valence-electron chi connectivity index (χ4n) is 5.47. The third-order valence-electron chi connectivity index (χ3n) is 7.73. The molecule has 10 heteroatoms. The highest BCUT2D eigenvalue weighted by molar-refractivity contribution is 7.07. The Morgan fingerprint density at radius 1 is 1.00 bits per heavy atom. The highest BCUT2D eigenvalue weighted by atomic mass is 32.1. The van der Waals surface area contributed by atoms with Gasteiger partial charge in [-0.25, -0.2) is 4.99 Å². The number of nitrogens with one attached hydrogen (secondary N) is 1. The Bertz CT molecular complexity index is 2230. The second-order valence-electron chi connectivity index (χ2n) is 10.6. The molecule has 0 bridgehead atoms. The van der Waals surface area contributed by atoms with E-state index in [0.29, 0.717) is 60.2 Å². The summed E-state index contributed by atoms with van der Waals surface area (Å²) in [6.45, 7) is 1.90. The van der Waals surface area contributed by atoms with Crippen LogP contribution in [0.2, 0.25) is 0 Å². The van der Waals surface area contributed by atoms with Crippen LogP contribution in [-0.2, 0) is 11.4 Å². The number of nitriles is 1. The van der Waals surface area contributed by atoms with E-state index >= 15 is 0 Å². The minimum atomic E-state index is -0.768. The van der Waals surface area contributed by atoms with Crippen molar-refractivity contribution in [3.8, 4) is 23.3 Å². The van der Waals surface area contributed by atoms with E-state index in [-0.39, 0.29) is 18.1 Å². The molecule has 47 heavy (non-hydrogen) atoms. The van der Waals surface area contributed by atoms with Gasteiger partial charge in [-0.3, -0.25) is 14.2 Å². The summed E-state index contributed by atoms with van der Waals surface area (Å²) in [5, 5.41) is 12.5. The first-order chi connectivity index (χ1) is 22.9. The van der Waals surface area contributed by atoms with Crippen LogP contribution in [0.25, 0.3) is 6.08 Å². The van der Waals surface area contributed by atoms with Crippen molar-refractivity contribution >= 4 is 29.0 Å². The number of amides is 1. The van der Waals surface area contributed by atoms with Crippen molar-refractivity contribution in [3.05, 3.63) is 150 Å². The van der Waals surface area contributed by atoms with Crippen LogP contribution >= 0.6 is 11.3 Å². The molecule has 0 spiro atoms. The van der Waals surface area contributed by atoms with Crippen molar-refractivity contribution in [1.29, 1.82) is 5.26 Å². The number of thiazole rings is 1. The number of carbonyl (C=O) groups excluding carboxylic acids is 1. The number of hydrogen-bond acceptors (Lipinski definition) is 8. The van der Waals surface area contributed by atoms with Gasteiger partial charge in [0.05, 0.1) is 47.7 Å². The number of allylic oxidation sites excluding steroid dienone is 1. The van der Waals surface area contributed by atoms with Crippen LogP contribution in [0.1, 0.15) is 35.2 Å². The fourth-order valence-corrected chi connectivity index (χ4v) is 6.50. The van der Waals surface area contributed by atoms with Crippen molar-refractivity contribution < 1.29 is 19.0 Å².